The van der Waals surface area contributed by atoms with E-state index in [0.29, 0.717) is 17.4 Å². The first kappa shape index (κ1) is 15.3. The van der Waals surface area contributed by atoms with Crippen molar-refractivity contribution < 1.29 is 9.18 Å². The molecule has 124 valence electrons. The van der Waals surface area contributed by atoms with E-state index in [1.807, 2.05) is 0 Å². The van der Waals surface area contributed by atoms with Crippen LogP contribution in [0, 0.1) is 29.0 Å². The molecule has 4 aliphatic rings. The largest absolute Gasteiger partial charge is 0.316 e. The monoisotopic (exact) mass is 315 g/mol. The molecule has 3 heteroatoms. The van der Waals surface area contributed by atoms with Gasteiger partial charge in [0.15, 0.2) is 5.78 Å². The molecule has 1 aromatic rings. The predicted molar refractivity (Wildman–Crippen MR) is 88.8 cm³/mol. The molecule has 4 aliphatic carbocycles. The zero-order chi connectivity index (χ0) is 15.9. The van der Waals surface area contributed by atoms with Crippen molar-refractivity contribution in [2.75, 3.05) is 13.1 Å². The zero-order valence-corrected chi connectivity index (χ0v) is 13.7. The molecule has 0 saturated heterocycles. The number of halogens is 1. The summed E-state index contributed by atoms with van der Waals surface area (Å²) in [6.45, 7) is 1.81. The van der Waals surface area contributed by atoms with Crippen molar-refractivity contribution in [3.63, 3.8) is 0 Å². The summed E-state index contributed by atoms with van der Waals surface area (Å²) in [6.07, 6.45) is 9.12. The lowest BCUT2D eigenvalue weighted by molar-refractivity contribution is -0.0511. The van der Waals surface area contributed by atoms with Crippen molar-refractivity contribution in [2.45, 2.75) is 44.9 Å². The summed E-state index contributed by atoms with van der Waals surface area (Å²) in [5, 5.41) is 3.56. The van der Waals surface area contributed by atoms with E-state index >= 15 is 0 Å². The van der Waals surface area contributed by atoms with Gasteiger partial charge in [0.05, 0.1) is 0 Å². The fraction of sp³-hybridized carbons (Fsp3) is 0.650. The molecule has 0 aromatic heterocycles. The molecule has 0 unspecified atom stereocenters. The molecule has 0 radical (unpaired) electrons. The normalized spacial score (nSPS) is 34.7. The average Bonchev–Trinajstić information content (AvgIpc) is 2.51. The van der Waals surface area contributed by atoms with E-state index < -0.39 is 0 Å². The fourth-order valence-corrected chi connectivity index (χ4v) is 5.84. The Bertz CT molecular complexity index is 545. The summed E-state index contributed by atoms with van der Waals surface area (Å²) >= 11 is 0. The first-order chi connectivity index (χ1) is 11.1. The minimum absolute atomic E-state index is 0.100. The van der Waals surface area contributed by atoms with E-state index in [2.05, 4.69) is 5.32 Å². The van der Waals surface area contributed by atoms with Crippen LogP contribution in [0.4, 0.5) is 4.39 Å². The highest BCUT2D eigenvalue weighted by molar-refractivity contribution is 5.96. The second-order valence-electron chi connectivity index (χ2n) is 8.27. The quantitative estimate of drug-likeness (QED) is 0.629. The van der Waals surface area contributed by atoms with Crippen molar-refractivity contribution in [1.82, 2.24) is 5.32 Å². The lowest BCUT2D eigenvalue weighted by atomic mass is 9.49. The van der Waals surface area contributed by atoms with E-state index in [1.54, 1.807) is 12.1 Å². The third kappa shape index (κ3) is 3.21. The topological polar surface area (TPSA) is 29.1 Å². The molecule has 0 atom stereocenters. The summed E-state index contributed by atoms with van der Waals surface area (Å²) < 4.78 is 12.9. The van der Waals surface area contributed by atoms with Gasteiger partial charge < -0.3 is 5.32 Å². The SMILES string of the molecule is O=C(CCNCC12CC3CC(CC(C3)C1)C2)c1ccc(F)cc1. The van der Waals surface area contributed by atoms with Crippen LogP contribution in [0.25, 0.3) is 0 Å². The Hall–Kier alpha value is -1.22. The minimum Gasteiger partial charge on any atom is -0.316 e. The first-order valence-electron chi connectivity index (χ1n) is 9.11. The molecule has 0 amide bonds. The highest BCUT2D eigenvalue weighted by Crippen LogP contribution is 2.59. The maximum atomic E-state index is 12.9. The van der Waals surface area contributed by atoms with Crippen molar-refractivity contribution in [3.8, 4) is 0 Å². The number of Topliss-reactive ketones (excluding diaryl/α,β-unsaturated/α-hetero) is 1. The van der Waals surface area contributed by atoms with Gasteiger partial charge in [0.2, 0.25) is 0 Å². The minimum atomic E-state index is -0.290. The van der Waals surface area contributed by atoms with E-state index in [-0.39, 0.29) is 11.6 Å². The molecule has 0 heterocycles. The predicted octanol–water partition coefficient (Wildman–Crippen LogP) is 4.20. The molecule has 1 aromatic carbocycles. The smallest absolute Gasteiger partial charge is 0.164 e. The highest BCUT2D eigenvalue weighted by atomic mass is 19.1. The van der Waals surface area contributed by atoms with Gasteiger partial charge in [0, 0.05) is 25.1 Å². The van der Waals surface area contributed by atoms with Gasteiger partial charge >= 0.3 is 0 Å². The number of carbonyl (C=O) groups is 1. The molecule has 1 N–H and O–H groups in total. The molecular weight excluding hydrogens is 289 g/mol. The van der Waals surface area contributed by atoms with E-state index in [1.165, 1.54) is 50.7 Å². The van der Waals surface area contributed by atoms with Crippen molar-refractivity contribution in [3.05, 3.63) is 35.6 Å². The van der Waals surface area contributed by atoms with Crippen LogP contribution in [0.15, 0.2) is 24.3 Å². The van der Waals surface area contributed by atoms with Crippen molar-refractivity contribution in [2.24, 2.45) is 23.2 Å². The van der Waals surface area contributed by atoms with Gasteiger partial charge in [-0.2, -0.15) is 0 Å². The van der Waals surface area contributed by atoms with Crippen LogP contribution in [-0.4, -0.2) is 18.9 Å². The Kier molecular flexibility index (Phi) is 4.00. The highest BCUT2D eigenvalue weighted by Gasteiger charge is 2.50. The van der Waals surface area contributed by atoms with Crippen LogP contribution in [0.2, 0.25) is 0 Å². The molecule has 23 heavy (non-hydrogen) atoms. The van der Waals surface area contributed by atoms with Gasteiger partial charge in [-0.05, 0) is 86.0 Å². The van der Waals surface area contributed by atoms with Crippen LogP contribution in [-0.2, 0) is 0 Å². The number of ketones is 1. The molecule has 5 rings (SSSR count). The Morgan fingerprint density at radius 3 is 2.17 bits per heavy atom. The molecule has 4 saturated carbocycles. The van der Waals surface area contributed by atoms with E-state index in [9.17, 15) is 9.18 Å². The molecule has 0 spiro atoms. The van der Waals surface area contributed by atoms with Gasteiger partial charge in [-0.15, -0.1) is 0 Å². The second kappa shape index (κ2) is 6.01. The van der Waals surface area contributed by atoms with Crippen LogP contribution < -0.4 is 5.32 Å². The number of hydrogen-bond donors (Lipinski definition) is 1. The Balaban J connectivity index is 1.26. The number of nitrogens with one attached hydrogen (secondary N) is 1. The lowest BCUT2D eigenvalue weighted by Crippen LogP contribution is -2.50. The van der Waals surface area contributed by atoms with E-state index in [4.69, 9.17) is 0 Å². The standard InChI is InChI=1S/C20H26FNO/c21-18-3-1-17(2-4-18)19(23)5-6-22-13-20-10-14-7-15(11-20)9-16(8-14)12-20/h1-4,14-16,22H,5-13H2. The number of rotatable bonds is 6. The summed E-state index contributed by atoms with van der Waals surface area (Å²) in [5.41, 5.74) is 1.14. The maximum absolute atomic E-state index is 12.9. The third-order valence-electron chi connectivity index (χ3n) is 6.36. The van der Waals surface area contributed by atoms with E-state index in [0.717, 1.165) is 30.8 Å². The van der Waals surface area contributed by atoms with Crippen LogP contribution in [0.1, 0.15) is 55.3 Å². The molecule has 0 aliphatic heterocycles. The van der Waals surface area contributed by atoms with Crippen LogP contribution >= 0.6 is 0 Å². The molecule has 4 fully saturated rings. The zero-order valence-electron chi connectivity index (χ0n) is 13.7. The van der Waals surface area contributed by atoms with Gasteiger partial charge in [-0.1, -0.05) is 0 Å². The summed E-state index contributed by atoms with van der Waals surface area (Å²) in [5.74, 6) is 2.74. The van der Waals surface area contributed by atoms with Crippen LogP contribution in [0.3, 0.4) is 0 Å². The Morgan fingerprint density at radius 2 is 1.61 bits per heavy atom. The number of carbonyl (C=O) groups excluding carboxylic acids is 1. The van der Waals surface area contributed by atoms with Crippen LogP contribution in [0.5, 0.6) is 0 Å². The summed E-state index contributed by atoms with van der Waals surface area (Å²) in [4.78, 5) is 12.1. The van der Waals surface area contributed by atoms with Gasteiger partial charge in [0.25, 0.3) is 0 Å². The first-order valence-corrected chi connectivity index (χ1v) is 9.11. The molecule has 4 bridgehead atoms. The molecular formula is C20H26FNO. The number of benzene rings is 1. The van der Waals surface area contributed by atoms with Crippen molar-refractivity contribution >= 4 is 5.78 Å². The third-order valence-corrected chi connectivity index (χ3v) is 6.36. The fourth-order valence-electron chi connectivity index (χ4n) is 5.84. The van der Waals surface area contributed by atoms with Crippen molar-refractivity contribution in [1.29, 1.82) is 0 Å². The Labute approximate surface area is 137 Å². The average molecular weight is 315 g/mol. The van der Waals surface area contributed by atoms with Gasteiger partial charge in [0.1, 0.15) is 5.82 Å². The maximum Gasteiger partial charge on any atom is 0.164 e. The molecule has 2 nitrogen and oxygen atoms in total. The second-order valence-corrected chi connectivity index (χ2v) is 8.27. The Morgan fingerprint density at radius 1 is 1.04 bits per heavy atom. The summed E-state index contributed by atoms with van der Waals surface area (Å²) in [7, 11) is 0. The summed E-state index contributed by atoms with van der Waals surface area (Å²) in [6, 6.07) is 5.87. The number of hydrogen-bond acceptors (Lipinski definition) is 2. The van der Waals surface area contributed by atoms with Gasteiger partial charge in [-0.25, -0.2) is 4.39 Å². The lowest BCUT2D eigenvalue weighted by Gasteiger charge is -2.57. The van der Waals surface area contributed by atoms with Gasteiger partial charge in [-0.3, -0.25) is 4.79 Å².